The van der Waals surface area contributed by atoms with Crippen molar-refractivity contribution in [3.05, 3.63) is 104 Å². The number of fused-ring (bicyclic) bond motifs is 1. The second-order valence-electron chi connectivity index (χ2n) is 11.2. The standard InChI is InChI=1S/C33H34Cl2FNO6/c1-4-32(41,21-13-15-43-16-14-21)23-17-26-28(27(36)18-23)33(42-3,22-7-11-25(35)12-8-22)37(30(26)38)29(19(2)31(39)40)20-5-9-24(34)10-6-20/h5-12,17-19,21,29,41H,4,13-16H2,1-3H3,(H,39,40)/t19-,29-,32?,33?/m0/s1. The van der Waals surface area contributed by atoms with E-state index in [4.69, 9.17) is 32.7 Å². The van der Waals surface area contributed by atoms with Crippen LogP contribution in [0.1, 0.15) is 71.8 Å². The molecule has 1 fully saturated rings. The van der Waals surface area contributed by atoms with Crippen LogP contribution in [0.25, 0.3) is 0 Å². The number of rotatable bonds is 9. The third-order valence-corrected chi connectivity index (χ3v) is 9.54. The van der Waals surface area contributed by atoms with E-state index >= 15 is 4.39 Å². The number of halogens is 3. The molecule has 0 saturated carbocycles. The van der Waals surface area contributed by atoms with Crippen molar-refractivity contribution in [1.82, 2.24) is 4.90 Å². The van der Waals surface area contributed by atoms with Gasteiger partial charge in [0.05, 0.1) is 28.7 Å². The maximum Gasteiger partial charge on any atom is 0.308 e. The lowest BCUT2D eigenvalue weighted by Crippen LogP contribution is -2.51. The van der Waals surface area contributed by atoms with Crippen molar-refractivity contribution in [2.24, 2.45) is 11.8 Å². The highest BCUT2D eigenvalue weighted by Crippen LogP contribution is 2.53. The molecule has 1 amide bonds. The molecule has 2 unspecified atom stereocenters. The first-order chi connectivity index (χ1) is 20.5. The van der Waals surface area contributed by atoms with Gasteiger partial charge in [-0.15, -0.1) is 0 Å². The van der Waals surface area contributed by atoms with Crippen molar-refractivity contribution < 1.29 is 33.7 Å². The van der Waals surface area contributed by atoms with Crippen LogP contribution in [0.5, 0.6) is 0 Å². The van der Waals surface area contributed by atoms with Crippen molar-refractivity contribution in [3.63, 3.8) is 0 Å². The molecule has 5 rings (SSSR count). The van der Waals surface area contributed by atoms with Gasteiger partial charge in [-0.25, -0.2) is 4.39 Å². The highest BCUT2D eigenvalue weighted by molar-refractivity contribution is 6.30. The molecule has 0 radical (unpaired) electrons. The molecule has 7 nitrogen and oxygen atoms in total. The van der Waals surface area contributed by atoms with E-state index in [9.17, 15) is 19.8 Å². The van der Waals surface area contributed by atoms with Gasteiger partial charge in [0.15, 0.2) is 5.72 Å². The molecule has 2 heterocycles. The first kappa shape index (κ1) is 31.4. The number of amides is 1. The Morgan fingerprint density at radius 2 is 1.70 bits per heavy atom. The highest BCUT2D eigenvalue weighted by atomic mass is 35.5. The van der Waals surface area contributed by atoms with Gasteiger partial charge in [-0.3, -0.25) is 14.5 Å². The molecule has 3 aromatic rings. The van der Waals surface area contributed by atoms with Gasteiger partial charge in [0.25, 0.3) is 5.91 Å². The van der Waals surface area contributed by atoms with Crippen LogP contribution in [0, 0.1) is 17.7 Å². The smallest absolute Gasteiger partial charge is 0.308 e. The SMILES string of the molecule is CCC(O)(c1cc(F)c2c(c1)C(=O)N([C@H](c1ccc(Cl)cc1)[C@H](C)C(=O)O)C2(OC)c1ccc(Cl)cc1)C1CCOCC1. The van der Waals surface area contributed by atoms with E-state index in [1.54, 1.807) is 48.5 Å². The molecule has 0 bridgehead atoms. The summed E-state index contributed by atoms with van der Waals surface area (Å²) in [4.78, 5) is 28.5. The molecule has 0 spiro atoms. The largest absolute Gasteiger partial charge is 0.481 e. The predicted octanol–water partition coefficient (Wildman–Crippen LogP) is 6.92. The summed E-state index contributed by atoms with van der Waals surface area (Å²) in [5, 5.41) is 23.0. The minimum atomic E-state index is -1.86. The van der Waals surface area contributed by atoms with E-state index in [1.165, 1.54) is 31.1 Å². The van der Waals surface area contributed by atoms with Gasteiger partial charge >= 0.3 is 5.97 Å². The number of hydrogen-bond donors (Lipinski definition) is 2. The molecule has 228 valence electrons. The Kier molecular flexibility index (Phi) is 8.89. The lowest BCUT2D eigenvalue weighted by molar-refractivity contribution is -0.149. The second kappa shape index (κ2) is 12.2. The maximum atomic E-state index is 16.7. The molecule has 3 aromatic carbocycles. The quantitative estimate of drug-likeness (QED) is 0.267. The van der Waals surface area contributed by atoms with E-state index < -0.39 is 41.0 Å². The fourth-order valence-corrected chi connectivity index (χ4v) is 6.97. The maximum absolute atomic E-state index is 16.7. The predicted molar refractivity (Wildman–Crippen MR) is 161 cm³/mol. The second-order valence-corrected chi connectivity index (χ2v) is 12.1. The summed E-state index contributed by atoms with van der Waals surface area (Å²) < 4.78 is 28.4. The minimum absolute atomic E-state index is 0.0118. The number of hydrogen-bond acceptors (Lipinski definition) is 5. The molecular formula is C33H34Cl2FNO6. The van der Waals surface area contributed by atoms with Crippen molar-refractivity contribution in [1.29, 1.82) is 0 Å². The van der Waals surface area contributed by atoms with E-state index in [0.29, 0.717) is 53.6 Å². The normalized spacial score (nSPS) is 21.7. The van der Waals surface area contributed by atoms with Crippen molar-refractivity contribution >= 4 is 35.1 Å². The van der Waals surface area contributed by atoms with Crippen LogP contribution in [0.15, 0.2) is 60.7 Å². The average molecular weight is 631 g/mol. The molecule has 4 atom stereocenters. The Balaban J connectivity index is 1.79. The summed E-state index contributed by atoms with van der Waals surface area (Å²) in [6.45, 7) is 4.27. The fourth-order valence-electron chi connectivity index (χ4n) is 6.72. The highest BCUT2D eigenvalue weighted by Gasteiger charge is 2.58. The fraction of sp³-hybridized carbons (Fsp3) is 0.394. The Morgan fingerprint density at radius 1 is 1.12 bits per heavy atom. The lowest BCUT2D eigenvalue weighted by Gasteiger charge is -2.44. The van der Waals surface area contributed by atoms with Crippen LogP contribution >= 0.6 is 23.2 Å². The first-order valence-electron chi connectivity index (χ1n) is 14.3. The zero-order valence-corrected chi connectivity index (χ0v) is 25.7. The topological polar surface area (TPSA) is 96.3 Å². The van der Waals surface area contributed by atoms with Crippen molar-refractivity contribution in [2.75, 3.05) is 20.3 Å². The Labute approximate surface area is 260 Å². The minimum Gasteiger partial charge on any atom is -0.481 e. The number of methoxy groups -OCH3 is 1. The number of ether oxygens (including phenoxy) is 2. The summed E-state index contributed by atoms with van der Waals surface area (Å²) >= 11 is 12.4. The molecule has 2 N–H and O–H groups in total. The summed E-state index contributed by atoms with van der Waals surface area (Å²) in [7, 11) is 1.35. The van der Waals surface area contributed by atoms with Gasteiger partial charge in [0.1, 0.15) is 5.82 Å². The molecule has 2 aliphatic rings. The molecular weight excluding hydrogens is 596 g/mol. The van der Waals surface area contributed by atoms with Crippen LogP contribution in [0.3, 0.4) is 0 Å². The average Bonchev–Trinajstić information content (AvgIpc) is 3.27. The Morgan fingerprint density at radius 3 is 2.23 bits per heavy atom. The van der Waals surface area contributed by atoms with Crippen LogP contribution < -0.4 is 0 Å². The number of carbonyl (C=O) groups is 2. The Hall–Kier alpha value is -3.01. The summed E-state index contributed by atoms with van der Waals surface area (Å²) in [6.07, 6.45) is 1.47. The summed E-state index contributed by atoms with van der Waals surface area (Å²) in [5.74, 6) is -3.89. The van der Waals surface area contributed by atoms with Gasteiger partial charge in [0, 0.05) is 35.9 Å². The van der Waals surface area contributed by atoms with Gasteiger partial charge in [-0.1, -0.05) is 54.4 Å². The van der Waals surface area contributed by atoms with Gasteiger partial charge in [0.2, 0.25) is 0 Å². The molecule has 0 aliphatic carbocycles. The lowest BCUT2D eigenvalue weighted by atomic mass is 9.74. The number of nitrogens with zero attached hydrogens (tertiary/aromatic N) is 1. The molecule has 43 heavy (non-hydrogen) atoms. The summed E-state index contributed by atoms with van der Waals surface area (Å²) in [5.41, 5.74) is -2.21. The van der Waals surface area contributed by atoms with Crippen molar-refractivity contribution in [3.8, 4) is 0 Å². The van der Waals surface area contributed by atoms with E-state index in [1.807, 2.05) is 6.92 Å². The van der Waals surface area contributed by atoms with E-state index in [-0.39, 0.29) is 22.6 Å². The van der Waals surface area contributed by atoms with Gasteiger partial charge < -0.3 is 19.7 Å². The zero-order chi connectivity index (χ0) is 31.1. The third-order valence-electron chi connectivity index (χ3n) is 9.04. The molecule has 0 aromatic heterocycles. The zero-order valence-electron chi connectivity index (χ0n) is 24.1. The van der Waals surface area contributed by atoms with Gasteiger partial charge in [-0.05, 0) is 79.6 Å². The number of aliphatic carboxylic acids is 1. The number of aliphatic hydroxyl groups is 1. The van der Waals surface area contributed by atoms with Crippen LogP contribution in [-0.2, 0) is 25.6 Å². The number of benzene rings is 3. The molecule has 10 heteroatoms. The third kappa shape index (κ3) is 5.23. The van der Waals surface area contributed by atoms with E-state index in [2.05, 4.69) is 0 Å². The molecule has 1 saturated heterocycles. The van der Waals surface area contributed by atoms with Crippen LogP contribution in [-0.4, -0.2) is 47.3 Å². The van der Waals surface area contributed by atoms with Crippen LogP contribution in [0.2, 0.25) is 10.0 Å². The number of carboxylic acid groups (broad SMARTS) is 1. The molecule has 2 aliphatic heterocycles. The Bertz CT molecular complexity index is 1510. The van der Waals surface area contributed by atoms with Crippen molar-refractivity contribution in [2.45, 2.75) is 50.5 Å². The monoisotopic (exact) mass is 629 g/mol. The van der Waals surface area contributed by atoms with Crippen LogP contribution in [0.4, 0.5) is 4.39 Å². The number of carboxylic acids is 1. The first-order valence-corrected chi connectivity index (χ1v) is 15.0. The van der Waals surface area contributed by atoms with Gasteiger partial charge in [-0.2, -0.15) is 0 Å². The summed E-state index contributed by atoms with van der Waals surface area (Å²) in [6, 6.07) is 14.7. The number of carbonyl (C=O) groups excluding carboxylic acids is 1. The van der Waals surface area contributed by atoms with E-state index in [0.717, 1.165) is 0 Å².